The van der Waals surface area contributed by atoms with E-state index in [4.69, 9.17) is 9.47 Å². The smallest absolute Gasteiger partial charge is 0.227 e. The molecule has 0 aromatic heterocycles. The number of ether oxygens (including phenoxy) is 2. The largest absolute Gasteiger partial charge is 0.497 e. The van der Waals surface area contributed by atoms with Gasteiger partial charge in [0.15, 0.2) is 0 Å². The molecule has 2 aliphatic rings. The fraction of sp³-hybridized carbons (Fsp3) is 0.381. The Morgan fingerprint density at radius 3 is 3.08 bits per heavy atom. The van der Waals surface area contributed by atoms with Gasteiger partial charge in [0.2, 0.25) is 5.91 Å². The summed E-state index contributed by atoms with van der Waals surface area (Å²) < 4.78 is 10.9. The second-order valence-electron chi connectivity index (χ2n) is 6.74. The summed E-state index contributed by atoms with van der Waals surface area (Å²) in [6, 6.07) is 14.4. The highest BCUT2D eigenvalue weighted by atomic mass is 16.5. The van der Waals surface area contributed by atoms with E-state index in [2.05, 4.69) is 12.1 Å². The number of carbonyl (C=O) groups is 1. The molecule has 0 aliphatic carbocycles. The van der Waals surface area contributed by atoms with Crippen LogP contribution in [0.15, 0.2) is 42.5 Å². The number of hydrogen-bond donors (Lipinski definition) is 0. The van der Waals surface area contributed by atoms with Gasteiger partial charge in [-0.3, -0.25) is 4.79 Å². The highest BCUT2D eigenvalue weighted by Gasteiger charge is 2.30. The Morgan fingerprint density at radius 1 is 1.28 bits per heavy atom. The zero-order chi connectivity index (χ0) is 17.2. The third-order valence-corrected chi connectivity index (χ3v) is 5.16. The minimum Gasteiger partial charge on any atom is -0.497 e. The predicted molar refractivity (Wildman–Crippen MR) is 96.0 cm³/mol. The lowest BCUT2D eigenvalue weighted by molar-refractivity contribution is -0.131. The van der Waals surface area contributed by atoms with Crippen LogP contribution in [0, 0.1) is 0 Å². The predicted octanol–water partition coefficient (Wildman–Crippen LogP) is 3.54. The lowest BCUT2D eigenvalue weighted by atomic mass is 10.0. The van der Waals surface area contributed by atoms with E-state index in [0.717, 1.165) is 55.0 Å². The molecular formula is C21H23NO3. The van der Waals surface area contributed by atoms with Crippen molar-refractivity contribution in [3.05, 3.63) is 59.2 Å². The van der Waals surface area contributed by atoms with Crippen LogP contribution < -0.4 is 9.47 Å². The fourth-order valence-corrected chi connectivity index (χ4v) is 3.89. The second-order valence-corrected chi connectivity index (χ2v) is 6.74. The van der Waals surface area contributed by atoms with Crippen LogP contribution in [0.4, 0.5) is 0 Å². The lowest BCUT2D eigenvalue weighted by Crippen LogP contribution is -2.31. The maximum atomic E-state index is 12.9. The van der Waals surface area contributed by atoms with Crippen LogP contribution in [0.1, 0.15) is 35.6 Å². The molecule has 0 N–H and O–H groups in total. The van der Waals surface area contributed by atoms with Crippen LogP contribution >= 0.6 is 0 Å². The van der Waals surface area contributed by atoms with Gasteiger partial charge in [-0.1, -0.05) is 24.3 Å². The number of nitrogens with zero attached hydrogens (tertiary/aromatic N) is 1. The van der Waals surface area contributed by atoms with E-state index in [1.165, 1.54) is 5.56 Å². The third-order valence-electron chi connectivity index (χ3n) is 5.16. The minimum absolute atomic E-state index is 0.153. The SMILES string of the molecule is COc1cccc(C2CCCN2C(=O)Cc2ccc3c(c2)CCO3)c1. The molecule has 2 heterocycles. The first kappa shape index (κ1) is 16.0. The van der Waals surface area contributed by atoms with Crippen molar-refractivity contribution in [3.63, 3.8) is 0 Å². The number of hydrogen-bond acceptors (Lipinski definition) is 3. The molecule has 1 saturated heterocycles. The lowest BCUT2D eigenvalue weighted by Gasteiger charge is -2.25. The van der Waals surface area contributed by atoms with Crippen molar-refractivity contribution >= 4 is 5.91 Å². The molecule has 1 atom stereocenters. The van der Waals surface area contributed by atoms with Crippen LogP contribution in [0.2, 0.25) is 0 Å². The Balaban J connectivity index is 1.50. The summed E-state index contributed by atoms with van der Waals surface area (Å²) in [7, 11) is 1.67. The molecule has 0 bridgehead atoms. The summed E-state index contributed by atoms with van der Waals surface area (Å²) >= 11 is 0. The minimum atomic E-state index is 0.153. The van der Waals surface area contributed by atoms with Gasteiger partial charge in [0.05, 0.1) is 26.2 Å². The van der Waals surface area contributed by atoms with E-state index < -0.39 is 0 Å². The summed E-state index contributed by atoms with van der Waals surface area (Å²) in [6.07, 6.45) is 3.45. The Labute approximate surface area is 148 Å². The van der Waals surface area contributed by atoms with Gasteiger partial charge in [-0.2, -0.15) is 0 Å². The molecule has 130 valence electrons. The maximum Gasteiger partial charge on any atom is 0.227 e. The summed E-state index contributed by atoms with van der Waals surface area (Å²) in [6.45, 7) is 1.57. The van der Waals surface area contributed by atoms with E-state index >= 15 is 0 Å². The molecule has 1 fully saturated rings. The van der Waals surface area contributed by atoms with Gasteiger partial charge in [0.25, 0.3) is 0 Å². The van der Waals surface area contributed by atoms with Gasteiger partial charge in [-0.15, -0.1) is 0 Å². The quantitative estimate of drug-likeness (QED) is 0.857. The number of carbonyl (C=O) groups excluding carboxylic acids is 1. The van der Waals surface area contributed by atoms with Gasteiger partial charge in [-0.05, 0) is 47.7 Å². The fourth-order valence-electron chi connectivity index (χ4n) is 3.89. The molecular weight excluding hydrogens is 314 g/mol. The van der Waals surface area contributed by atoms with Crippen LogP contribution in [0.25, 0.3) is 0 Å². The van der Waals surface area contributed by atoms with E-state index in [-0.39, 0.29) is 11.9 Å². The number of fused-ring (bicyclic) bond motifs is 1. The topological polar surface area (TPSA) is 38.8 Å². The summed E-state index contributed by atoms with van der Waals surface area (Å²) in [4.78, 5) is 14.9. The second kappa shape index (κ2) is 6.79. The van der Waals surface area contributed by atoms with E-state index in [1.54, 1.807) is 7.11 Å². The molecule has 25 heavy (non-hydrogen) atoms. The van der Waals surface area contributed by atoms with Crippen molar-refractivity contribution in [2.75, 3.05) is 20.3 Å². The van der Waals surface area contributed by atoms with Crippen molar-refractivity contribution in [3.8, 4) is 11.5 Å². The molecule has 0 radical (unpaired) electrons. The zero-order valence-corrected chi connectivity index (χ0v) is 14.5. The number of benzene rings is 2. The highest BCUT2D eigenvalue weighted by Crippen LogP contribution is 2.34. The first-order chi connectivity index (χ1) is 12.2. The Kier molecular flexibility index (Phi) is 4.35. The Bertz CT molecular complexity index is 786. The average molecular weight is 337 g/mol. The van der Waals surface area contributed by atoms with Crippen molar-refractivity contribution < 1.29 is 14.3 Å². The number of amides is 1. The summed E-state index contributed by atoms with van der Waals surface area (Å²) in [5, 5.41) is 0. The molecule has 2 aromatic carbocycles. The van der Waals surface area contributed by atoms with Gasteiger partial charge < -0.3 is 14.4 Å². The number of likely N-dealkylation sites (tertiary alicyclic amines) is 1. The number of rotatable bonds is 4. The van der Waals surface area contributed by atoms with E-state index in [9.17, 15) is 4.79 Å². The molecule has 4 heteroatoms. The molecule has 0 saturated carbocycles. The van der Waals surface area contributed by atoms with Crippen LogP contribution in [-0.2, 0) is 17.6 Å². The first-order valence-electron chi connectivity index (χ1n) is 8.92. The van der Waals surface area contributed by atoms with E-state index in [0.29, 0.717) is 6.42 Å². The van der Waals surface area contributed by atoms with E-state index in [1.807, 2.05) is 35.2 Å². The van der Waals surface area contributed by atoms with Crippen molar-refractivity contribution in [1.82, 2.24) is 4.90 Å². The first-order valence-corrected chi connectivity index (χ1v) is 8.92. The number of methoxy groups -OCH3 is 1. The molecule has 2 aliphatic heterocycles. The third kappa shape index (κ3) is 3.21. The van der Waals surface area contributed by atoms with Gasteiger partial charge >= 0.3 is 0 Å². The molecule has 1 amide bonds. The van der Waals surface area contributed by atoms with Crippen molar-refractivity contribution in [2.45, 2.75) is 31.7 Å². The zero-order valence-electron chi connectivity index (χ0n) is 14.5. The van der Waals surface area contributed by atoms with Crippen LogP contribution in [0.3, 0.4) is 0 Å². The summed E-state index contributed by atoms with van der Waals surface area (Å²) in [5.41, 5.74) is 3.45. The van der Waals surface area contributed by atoms with Gasteiger partial charge in [0, 0.05) is 13.0 Å². The Morgan fingerprint density at radius 2 is 2.20 bits per heavy atom. The molecule has 4 nitrogen and oxygen atoms in total. The van der Waals surface area contributed by atoms with Crippen molar-refractivity contribution in [1.29, 1.82) is 0 Å². The molecule has 4 rings (SSSR count). The monoisotopic (exact) mass is 337 g/mol. The Hall–Kier alpha value is -2.49. The van der Waals surface area contributed by atoms with Gasteiger partial charge in [-0.25, -0.2) is 0 Å². The van der Waals surface area contributed by atoms with Crippen LogP contribution in [0.5, 0.6) is 11.5 Å². The standard InChI is InChI=1S/C21H23NO3/c1-24-18-5-2-4-16(14-18)19-6-3-10-22(19)21(23)13-15-7-8-20-17(12-15)9-11-25-20/h2,4-5,7-8,12,14,19H,3,6,9-11,13H2,1H3. The van der Waals surface area contributed by atoms with Crippen LogP contribution in [-0.4, -0.2) is 31.1 Å². The highest BCUT2D eigenvalue weighted by molar-refractivity contribution is 5.79. The normalized spacial score (nSPS) is 18.8. The average Bonchev–Trinajstić information content (AvgIpc) is 3.30. The van der Waals surface area contributed by atoms with Gasteiger partial charge in [0.1, 0.15) is 11.5 Å². The maximum absolute atomic E-state index is 12.9. The van der Waals surface area contributed by atoms with Crippen molar-refractivity contribution in [2.24, 2.45) is 0 Å². The molecule has 1 unspecified atom stereocenters. The summed E-state index contributed by atoms with van der Waals surface area (Å²) in [5.74, 6) is 2.01. The molecule has 0 spiro atoms. The molecule has 2 aromatic rings.